The Morgan fingerprint density at radius 3 is 2.14 bits per heavy atom. The first-order chi connectivity index (χ1) is 10.1. The highest BCUT2D eigenvalue weighted by Crippen LogP contribution is 2.14. The highest BCUT2D eigenvalue weighted by Gasteiger charge is 2.31. The van der Waals surface area contributed by atoms with Gasteiger partial charge in [0.1, 0.15) is 11.6 Å². The second-order valence-corrected chi connectivity index (χ2v) is 5.75. The Morgan fingerprint density at radius 1 is 1.09 bits per heavy atom. The average Bonchev–Trinajstić information content (AvgIpc) is 2.43. The Bertz CT molecular complexity index is 391. The van der Waals surface area contributed by atoms with Crippen molar-refractivity contribution in [2.24, 2.45) is 5.84 Å². The fourth-order valence-corrected chi connectivity index (χ4v) is 1.66. The number of rotatable bonds is 7. The van der Waals surface area contributed by atoms with Crippen LogP contribution in [0.3, 0.4) is 0 Å². The summed E-state index contributed by atoms with van der Waals surface area (Å²) in [6.45, 7) is 5.09. The molecule has 0 saturated carbocycles. The summed E-state index contributed by atoms with van der Waals surface area (Å²) < 4.78 is 14.3. The molecule has 0 aliphatic carbocycles. The van der Waals surface area contributed by atoms with Crippen molar-refractivity contribution in [3.8, 4) is 0 Å². The number of hydrazine groups is 1. The molecule has 22 heavy (non-hydrogen) atoms. The highest BCUT2D eigenvalue weighted by atomic mass is 16.6. The largest absolute Gasteiger partial charge is 0.469 e. The fraction of sp³-hybridized carbons (Fsp3) is 0.786. The van der Waals surface area contributed by atoms with Gasteiger partial charge in [-0.3, -0.25) is 4.79 Å². The van der Waals surface area contributed by atoms with E-state index >= 15 is 0 Å². The molecule has 1 amide bonds. The van der Waals surface area contributed by atoms with Crippen molar-refractivity contribution in [1.29, 1.82) is 0 Å². The third-order valence-corrected chi connectivity index (χ3v) is 2.75. The van der Waals surface area contributed by atoms with Gasteiger partial charge in [-0.05, 0) is 33.6 Å². The van der Waals surface area contributed by atoms with Crippen molar-refractivity contribution in [3.63, 3.8) is 0 Å². The monoisotopic (exact) mass is 318 g/mol. The number of unbranched alkanes of at least 4 members (excludes halogenated alkanes) is 1. The quantitative estimate of drug-likeness (QED) is 0.188. The molecule has 0 fully saturated rings. The maximum absolute atomic E-state index is 11.9. The normalized spacial score (nSPS) is 12.3. The van der Waals surface area contributed by atoms with Gasteiger partial charge < -0.3 is 14.2 Å². The van der Waals surface area contributed by atoms with Crippen LogP contribution in [0.4, 0.5) is 4.79 Å². The van der Waals surface area contributed by atoms with Gasteiger partial charge in [-0.2, -0.15) is 0 Å². The van der Waals surface area contributed by atoms with Crippen molar-refractivity contribution in [2.45, 2.75) is 58.1 Å². The molecule has 0 aromatic carbocycles. The minimum atomic E-state index is -0.961. The zero-order chi connectivity index (χ0) is 17.3. The van der Waals surface area contributed by atoms with Crippen LogP contribution in [0, 0.1) is 0 Å². The van der Waals surface area contributed by atoms with Gasteiger partial charge in [0.25, 0.3) is 0 Å². The van der Waals surface area contributed by atoms with Crippen LogP contribution in [0.15, 0.2) is 0 Å². The lowest BCUT2D eigenvalue weighted by atomic mass is 10.1. The van der Waals surface area contributed by atoms with Crippen molar-refractivity contribution in [2.75, 3.05) is 14.2 Å². The molecule has 0 aliphatic heterocycles. The van der Waals surface area contributed by atoms with E-state index in [4.69, 9.17) is 10.6 Å². The van der Waals surface area contributed by atoms with Crippen molar-refractivity contribution >= 4 is 18.0 Å². The molecule has 0 aliphatic rings. The van der Waals surface area contributed by atoms with E-state index in [0.29, 0.717) is 12.8 Å². The SMILES string of the molecule is COC(=O)CCCCC(C(=O)OC)N(N)C(=O)OC(C)(C)C. The first-order valence-electron chi connectivity index (χ1n) is 7.04. The standard InChI is InChI=1S/C14H26N2O6/c1-14(2,3)22-13(19)16(15)10(12(18)21-5)8-6-7-9-11(17)20-4/h10H,6-9,15H2,1-5H3. The molecule has 1 unspecified atom stereocenters. The molecular formula is C14H26N2O6. The molecule has 0 saturated heterocycles. The van der Waals surface area contributed by atoms with Crippen LogP contribution in [-0.4, -0.2) is 48.9 Å². The van der Waals surface area contributed by atoms with Crippen molar-refractivity contribution in [3.05, 3.63) is 0 Å². The summed E-state index contributed by atoms with van der Waals surface area (Å²) in [5.74, 6) is 4.72. The summed E-state index contributed by atoms with van der Waals surface area (Å²) in [5.41, 5.74) is -0.722. The number of ether oxygens (including phenoxy) is 3. The molecule has 8 heteroatoms. The molecule has 2 N–H and O–H groups in total. The number of hydrogen-bond acceptors (Lipinski definition) is 7. The Labute approximate surface area is 130 Å². The summed E-state index contributed by atoms with van der Waals surface area (Å²) in [7, 11) is 2.52. The van der Waals surface area contributed by atoms with Crippen LogP contribution in [0.1, 0.15) is 46.5 Å². The average molecular weight is 318 g/mol. The Morgan fingerprint density at radius 2 is 1.68 bits per heavy atom. The molecule has 0 aromatic heterocycles. The maximum atomic E-state index is 11.9. The van der Waals surface area contributed by atoms with Crippen LogP contribution in [0.25, 0.3) is 0 Å². The molecule has 1 atom stereocenters. The lowest BCUT2D eigenvalue weighted by Gasteiger charge is -2.28. The van der Waals surface area contributed by atoms with Gasteiger partial charge in [0.05, 0.1) is 14.2 Å². The van der Waals surface area contributed by atoms with E-state index in [-0.39, 0.29) is 18.8 Å². The van der Waals surface area contributed by atoms with E-state index in [2.05, 4.69) is 9.47 Å². The second-order valence-electron chi connectivity index (χ2n) is 5.75. The predicted octanol–water partition coefficient (Wildman–Crippen LogP) is 1.37. The van der Waals surface area contributed by atoms with Gasteiger partial charge in [0, 0.05) is 6.42 Å². The van der Waals surface area contributed by atoms with Crippen molar-refractivity contribution < 1.29 is 28.6 Å². The summed E-state index contributed by atoms with van der Waals surface area (Å²) in [6, 6.07) is -0.961. The Balaban J connectivity index is 4.60. The van der Waals surface area contributed by atoms with Gasteiger partial charge in [0.15, 0.2) is 0 Å². The summed E-state index contributed by atoms with van der Waals surface area (Å²) in [5, 5.41) is 0.731. The summed E-state index contributed by atoms with van der Waals surface area (Å²) >= 11 is 0. The third kappa shape index (κ3) is 7.82. The lowest BCUT2D eigenvalue weighted by molar-refractivity contribution is -0.147. The first kappa shape index (κ1) is 20.2. The van der Waals surface area contributed by atoms with E-state index in [1.165, 1.54) is 14.2 Å². The number of hydrogen-bond donors (Lipinski definition) is 1. The van der Waals surface area contributed by atoms with E-state index in [1.54, 1.807) is 20.8 Å². The number of nitrogens with two attached hydrogens (primary N) is 1. The molecule has 0 aromatic rings. The Kier molecular flexibility index (Phi) is 8.47. The van der Waals surface area contributed by atoms with Crippen LogP contribution in [-0.2, 0) is 23.8 Å². The minimum Gasteiger partial charge on any atom is -0.469 e. The fourth-order valence-electron chi connectivity index (χ4n) is 1.66. The molecule has 0 bridgehead atoms. The first-order valence-corrected chi connectivity index (χ1v) is 7.04. The highest BCUT2D eigenvalue weighted by molar-refractivity contribution is 5.81. The number of esters is 2. The van der Waals surface area contributed by atoms with Gasteiger partial charge in [-0.25, -0.2) is 20.4 Å². The summed E-state index contributed by atoms with van der Waals surface area (Å²) in [6.07, 6.45) is 0.713. The number of carbonyl (C=O) groups is 3. The van der Waals surface area contributed by atoms with Crippen LogP contribution in [0.2, 0.25) is 0 Å². The lowest BCUT2D eigenvalue weighted by Crippen LogP contribution is -2.51. The van der Waals surface area contributed by atoms with E-state index in [0.717, 1.165) is 5.01 Å². The van der Waals surface area contributed by atoms with Gasteiger partial charge in [0.2, 0.25) is 0 Å². The maximum Gasteiger partial charge on any atom is 0.425 e. The zero-order valence-electron chi connectivity index (χ0n) is 13.9. The topological polar surface area (TPSA) is 108 Å². The molecule has 8 nitrogen and oxygen atoms in total. The van der Waals surface area contributed by atoms with E-state index in [9.17, 15) is 14.4 Å². The predicted molar refractivity (Wildman–Crippen MR) is 78.5 cm³/mol. The number of carbonyl (C=O) groups excluding carboxylic acids is 3. The van der Waals surface area contributed by atoms with E-state index < -0.39 is 23.7 Å². The molecule has 128 valence electrons. The molecule has 0 radical (unpaired) electrons. The van der Waals surface area contributed by atoms with Gasteiger partial charge >= 0.3 is 18.0 Å². The second kappa shape index (κ2) is 9.24. The summed E-state index contributed by atoms with van der Waals surface area (Å²) in [4.78, 5) is 34.7. The number of nitrogens with zero attached hydrogens (tertiary/aromatic N) is 1. The van der Waals surface area contributed by atoms with Crippen LogP contribution < -0.4 is 5.84 Å². The minimum absolute atomic E-state index is 0.238. The Hall–Kier alpha value is -1.83. The molecular weight excluding hydrogens is 292 g/mol. The molecule has 0 spiro atoms. The zero-order valence-corrected chi connectivity index (χ0v) is 13.9. The molecule has 0 heterocycles. The third-order valence-electron chi connectivity index (χ3n) is 2.75. The van der Waals surface area contributed by atoms with Crippen LogP contribution in [0.5, 0.6) is 0 Å². The van der Waals surface area contributed by atoms with Gasteiger partial charge in [-0.15, -0.1) is 0 Å². The van der Waals surface area contributed by atoms with E-state index in [1.807, 2.05) is 0 Å². The number of amides is 1. The van der Waals surface area contributed by atoms with Gasteiger partial charge in [-0.1, -0.05) is 6.42 Å². The molecule has 0 rings (SSSR count). The van der Waals surface area contributed by atoms with Crippen LogP contribution >= 0.6 is 0 Å². The number of methoxy groups -OCH3 is 2. The smallest absolute Gasteiger partial charge is 0.425 e. The van der Waals surface area contributed by atoms with Crippen molar-refractivity contribution in [1.82, 2.24) is 5.01 Å².